The second kappa shape index (κ2) is 6.90. The molecule has 0 radical (unpaired) electrons. The zero-order chi connectivity index (χ0) is 9.68. The van der Waals surface area contributed by atoms with Crippen molar-refractivity contribution in [3.63, 3.8) is 0 Å². The number of piperidine rings is 1. The SMILES string of the molecule is CCNC(=O)N(C)C1CCCNC1.Cl. The summed E-state index contributed by atoms with van der Waals surface area (Å²) in [5.74, 6) is 0. The van der Waals surface area contributed by atoms with Crippen molar-refractivity contribution in [2.24, 2.45) is 0 Å². The Labute approximate surface area is 91.8 Å². The van der Waals surface area contributed by atoms with Crippen molar-refractivity contribution in [3.8, 4) is 0 Å². The largest absolute Gasteiger partial charge is 0.338 e. The van der Waals surface area contributed by atoms with E-state index in [0.29, 0.717) is 12.6 Å². The van der Waals surface area contributed by atoms with Gasteiger partial charge in [-0.1, -0.05) is 0 Å². The first-order valence-corrected chi connectivity index (χ1v) is 4.97. The summed E-state index contributed by atoms with van der Waals surface area (Å²) in [5.41, 5.74) is 0. The summed E-state index contributed by atoms with van der Waals surface area (Å²) in [5, 5.41) is 6.09. The van der Waals surface area contributed by atoms with Crippen molar-refractivity contribution in [3.05, 3.63) is 0 Å². The molecule has 0 bridgehead atoms. The van der Waals surface area contributed by atoms with Gasteiger partial charge >= 0.3 is 6.03 Å². The van der Waals surface area contributed by atoms with E-state index >= 15 is 0 Å². The lowest BCUT2D eigenvalue weighted by Gasteiger charge is -2.31. The second-order valence-electron chi connectivity index (χ2n) is 3.45. The first-order chi connectivity index (χ1) is 6.25. The van der Waals surface area contributed by atoms with Crippen molar-refractivity contribution in [1.29, 1.82) is 0 Å². The van der Waals surface area contributed by atoms with Crippen LogP contribution in [0.3, 0.4) is 0 Å². The molecule has 0 aromatic rings. The van der Waals surface area contributed by atoms with E-state index in [1.165, 1.54) is 0 Å². The van der Waals surface area contributed by atoms with E-state index in [9.17, 15) is 4.79 Å². The smallest absolute Gasteiger partial charge is 0.317 e. The summed E-state index contributed by atoms with van der Waals surface area (Å²) in [6, 6.07) is 0.400. The van der Waals surface area contributed by atoms with E-state index in [2.05, 4.69) is 10.6 Å². The average molecular weight is 222 g/mol. The van der Waals surface area contributed by atoms with Crippen LogP contribution in [0, 0.1) is 0 Å². The minimum atomic E-state index is 0. The van der Waals surface area contributed by atoms with Crippen molar-refractivity contribution >= 4 is 18.4 Å². The Hall–Kier alpha value is -0.480. The number of carbonyl (C=O) groups is 1. The van der Waals surface area contributed by atoms with Gasteiger partial charge in [0.1, 0.15) is 0 Å². The molecule has 1 aliphatic rings. The lowest BCUT2D eigenvalue weighted by molar-refractivity contribution is 0.179. The van der Waals surface area contributed by atoms with Crippen LogP contribution in [-0.2, 0) is 0 Å². The highest BCUT2D eigenvalue weighted by Gasteiger charge is 2.20. The zero-order valence-corrected chi connectivity index (χ0v) is 9.69. The number of hydrogen-bond donors (Lipinski definition) is 2. The number of nitrogens with one attached hydrogen (secondary N) is 2. The third kappa shape index (κ3) is 3.72. The number of amides is 2. The minimum Gasteiger partial charge on any atom is -0.338 e. The van der Waals surface area contributed by atoms with Gasteiger partial charge in [-0.15, -0.1) is 12.4 Å². The maximum absolute atomic E-state index is 11.4. The maximum Gasteiger partial charge on any atom is 0.317 e. The summed E-state index contributed by atoms with van der Waals surface area (Å²) >= 11 is 0. The highest BCUT2D eigenvalue weighted by Crippen LogP contribution is 2.07. The summed E-state index contributed by atoms with van der Waals surface area (Å²) in [6.07, 6.45) is 2.27. The molecule has 84 valence electrons. The second-order valence-corrected chi connectivity index (χ2v) is 3.45. The van der Waals surface area contributed by atoms with E-state index in [1.54, 1.807) is 4.90 Å². The first-order valence-electron chi connectivity index (χ1n) is 4.97. The minimum absolute atomic E-state index is 0. The summed E-state index contributed by atoms with van der Waals surface area (Å²) in [6.45, 7) is 4.64. The molecule has 1 atom stereocenters. The summed E-state index contributed by atoms with van der Waals surface area (Å²) < 4.78 is 0. The molecule has 0 saturated carbocycles. The molecule has 1 fully saturated rings. The number of hydrogen-bond acceptors (Lipinski definition) is 2. The molecule has 0 aliphatic carbocycles. The highest BCUT2D eigenvalue weighted by molar-refractivity contribution is 5.85. The third-order valence-electron chi connectivity index (χ3n) is 2.47. The summed E-state index contributed by atoms with van der Waals surface area (Å²) in [7, 11) is 1.86. The standard InChI is InChI=1S/C9H19N3O.ClH/c1-3-11-9(13)12(2)8-5-4-6-10-7-8;/h8,10H,3-7H2,1-2H3,(H,11,13);1H. The van der Waals surface area contributed by atoms with Crippen molar-refractivity contribution in [1.82, 2.24) is 15.5 Å². The van der Waals surface area contributed by atoms with Gasteiger partial charge in [0, 0.05) is 26.2 Å². The van der Waals surface area contributed by atoms with Crippen LogP contribution >= 0.6 is 12.4 Å². The number of likely N-dealkylation sites (N-methyl/N-ethyl adjacent to an activating group) is 1. The average Bonchev–Trinajstić information content (AvgIpc) is 2.18. The van der Waals surface area contributed by atoms with E-state index < -0.39 is 0 Å². The molecule has 1 saturated heterocycles. The lowest BCUT2D eigenvalue weighted by Crippen LogP contribution is -2.50. The van der Waals surface area contributed by atoms with E-state index in [1.807, 2.05) is 14.0 Å². The number of rotatable bonds is 2. The number of halogens is 1. The van der Waals surface area contributed by atoms with Crippen molar-refractivity contribution < 1.29 is 4.79 Å². The predicted octanol–water partition coefficient (Wildman–Crippen LogP) is 0.821. The van der Waals surface area contributed by atoms with Crippen LogP contribution in [-0.4, -0.2) is 43.7 Å². The monoisotopic (exact) mass is 221 g/mol. The van der Waals surface area contributed by atoms with Gasteiger partial charge in [0.05, 0.1) is 0 Å². The lowest BCUT2D eigenvalue weighted by atomic mass is 10.1. The fourth-order valence-electron chi connectivity index (χ4n) is 1.61. The molecule has 1 rings (SSSR count). The topological polar surface area (TPSA) is 44.4 Å². The predicted molar refractivity (Wildman–Crippen MR) is 60.0 cm³/mol. The van der Waals surface area contributed by atoms with E-state index in [4.69, 9.17) is 0 Å². The van der Waals surface area contributed by atoms with Crippen LogP contribution in [0.15, 0.2) is 0 Å². The molecule has 5 heteroatoms. The van der Waals surface area contributed by atoms with Crippen molar-refractivity contribution in [2.45, 2.75) is 25.8 Å². The van der Waals surface area contributed by atoms with Gasteiger partial charge in [-0.25, -0.2) is 4.79 Å². The van der Waals surface area contributed by atoms with Gasteiger partial charge in [0.25, 0.3) is 0 Å². The summed E-state index contributed by atoms with van der Waals surface area (Å²) in [4.78, 5) is 13.2. The van der Waals surface area contributed by atoms with Gasteiger partial charge in [-0.3, -0.25) is 0 Å². The van der Waals surface area contributed by atoms with Gasteiger partial charge in [0.15, 0.2) is 0 Å². The Morgan fingerprint density at radius 1 is 1.64 bits per heavy atom. The Balaban J connectivity index is 0.00000169. The number of urea groups is 1. The Morgan fingerprint density at radius 2 is 2.36 bits per heavy atom. The van der Waals surface area contributed by atoms with Gasteiger partial charge in [0.2, 0.25) is 0 Å². The molecule has 0 spiro atoms. The molecule has 2 amide bonds. The van der Waals surface area contributed by atoms with Crippen molar-refractivity contribution in [2.75, 3.05) is 26.7 Å². The van der Waals surface area contributed by atoms with Gasteiger partial charge in [-0.05, 0) is 26.3 Å². The third-order valence-corrected chi connectivity index (χ3v) is 2.47. The molecule has 0 aromatic carbocycles. The Kier molecular flexibility index (Phi) is 6.66. The molecule has 0 aromatic heterocycles. The quantitative estimate of drug-likeness (QED) is 0.726. The number of carbonyl (C=O) groups excluding carboxylic acids is 1. The fraction of sp³-hybridized carbons (Fsp3) is 0.889. The normalized spacial score (nSPS) is 20.9. The Bertz CT molecular complexity index is 171. The molecule has 14 heavy (non-hydrogen) atoms. The molecule has 1 unspecified atom stereocenters. The first kappa shape index (κ1) is 13.5. The van der Waals surface area contributed by atoms with Crippen LogP contribution < -0.4 is 10.6 Å². The van der Waals surface area contributed by atoms with Gasteiger partial charge < -0.3 is 15.5 Å². The number of nitrogens with zero attached hydrogens (tertiary/aromatic N) is 1. The Morgan fingerprint density at radius 3 is 2.86 bits per heavy atom. The molecule has 4 nitrogen and oxygen atoms in total. The van der Waals surface area contributed by atoms with Crippen LogP contribution in [0.4, 0.5) is 4.79 Å². The molecule has 1 heterocycles. The maximum atomic E-state index is 11.4. The van der Waals surface area contributed by atoms with Gasteiger partial charge in [-0.2, -0.15) is 0 Å². The van der Waals surface area contributed by atoms with E-state index in [-0.39, 0.29) is 18.4 Å². The molecule has 2 N–H and O–H groups in total. The highest BCUT2D eigenvalue weighted by atomic mass is 35.5. The van der Waals surface area contributed by atoms with Crippen LogP contribution in [0.5, 0.6) is 0 Å². The molecular weight excluding hydrogens is 202 g/mol. The molecular formula is C9H20ClN3O. The fourth-order valence-corrected chi connectivity index (χ4v) is 1.61. The molecule has 1 aliphatic heterocycles. The zero-order valence-electron chi connectivity index (χ0n) is 8.88. The van der Waals surface area contributed by atoms with Crippen LogP contribution in [0.25, 0.3) is 0 Å². The van der Waals surface area contributed by atoms with Crippen LogP contribution in [0.1, 0.15) is 19.8 Å². The van der Waals surface area contributed by atoms with Crippen LogP contribution in [0.2, 0.25) is 0 Å². The van der Waals surface area contributed by atoms with E-state index in [0.717, 1.165) is 25.9 Å².